The molecule has 1 saturated carbocycles. The molecule has 38 heavy (non-hydrogen) atoms. The van der Waals surface area contributed by atoms with Gasteiger partial charge in [-0.2, -0.15) is 0 Å². The fraction of sp³-hybridized carbons (Fsp3) is 0.360. The molecular weight excluding hydrogens is 544 g/mol. The monoisotopic (exact) mass is 567 g/mol. The molecule has 1 saturated heterocycles. The molecule has 3 N–H and O–H groups in total. The maximum atomic E-state index is 12.6. The Morgan fingerprint density at radius 3 is 2.34 bits per heavy atom. The van der Waals surface area contributed by atoms with E-state index in [9.17, 15) is 19.5 Å². The minimum atomic E-state index is -1.26. The number of thiazole rings is 1. The van der Waals surface area contributed by atoms with Crippen molar-refractivity contribution in [2.24, 2.45) is 11.8 Å². The maximum absolute atomic E-state index is 12.6. The molecule has 9 nitrogen and oxygen atoms in total. The molecule has 1 unspecified atom stereocenters. The zero-order valence-corrected chi connectivity index (χ0v) is 23.4. The van der Waals surface area contributed by atoms with Crippen LogP contribution in [0.2, 0.25) is 10.0 Å². The van der Waals surface area contributed by atoms with Gasteiger partial charge >= 0.3 is 18.9 Å². The van der Waals surface area contributed by atoms with Crippen LogP contribution in [0.25, 0.3) is 0 Å². The number of hydrogen-bond acceptors (Lipinski definition) is 7. The summed E-state index contributed by atoms with van der Waals surface area (Å²) in [6.07, 6.45) is 0.313. The third-order valence-electron chi connectivity index (χ3n) is 6.84. The maximum Gasteiger partial charge on any atom is 1.00 e. The van der Waals surface area contributed by atoms with Crippen molar-refractivity contribution in [2.75, 3.05) is 24.5 Å². The number of carbonyl (C=O) groups excluding carboxylic acids is 3. The summed E-state index contributed by atoms with van der Waals surface area (Å²) in [4.78, 5) is 46.1. The van der Waals surface area contributed by atoms with Crippen molar-refractivity contribution < 1.29 is 38.4 Å². The van der Waals surface area contributed by atoms with Crippen molar-refractivity contribution >= 4 is 57.5 Å². The Morgan fingerprint density at radius 2 is 1.79 bits per heavy atom. The minimum absolute atomic E-state index is 0. The number of nitrogens with one attached hydrogen (secondary N) is 3. The summed E-state index contributed by atoms with van der Waals surface area (Å²) < 4.78 is 0. The third kappa shape index (κ3) is 5.47. The Hall–Kier alpha value is -2.48. The number of rotatable bonds is 8. The van der Waals surface area contributed by atoms with Gasteiger partial charge in [0.2, 0.25) is 0 Å². The van der Waals surface area contributed by atoms with Crippen LogP contribution in [0.5, 0.6) is 0 Å². The number of amides is 2. The summed E-state index contributed by atoms with van der Waals surface area (Å²) in [7, 11) is 0. The van der Waals surface area contributed by atoms with Gasteiger partial charge in [-0.25, -0.2) is 4.98 Å². The van der Waals surface area contributed by atoms with Gasteiger partial charge < -0.3 is 30.4 Å². The zero-order valence-electron chi connectivity index (χ0n) is 21.1. The van der Waals surface area contributed by atoms with Crippen molar-refractivity contribution in [2.45, 2.75) is 26.3 Å². The first kappa shape index (κ1) is 28.5. The van der Waals surface area contributed by atoms with E-state index in [1.807, 2.05) is 6.92 Å². The fourth-order valence-corrected chi connectivity index (χ4v) is 6.18. The molecule has 1 aliphatic carbocycles. The van der Waals surface area contributed by atoms with Crippen LogP contribution in [0, 0.1) is 18.8 Å². The number of piperidine rings is 1. The molecule has 194 valence electrons. The Labute approximate surface area is 245 Å². The SMILES string of the molecule is CCNC(=O)c1ccc(Cc2nc(N3C[C@@H]4C(NC(=O)c5[nH]c(C)c(Cl)c5Cl)[C@@H]4C3)sc2C(=O)[O-])cc1.[Li+]. The second-order valence-electron chi connectivity index (χ2n) is 9.28. The van der Waals surface area contributed by atoms with Crippen molar-refractivity contribution in [3.8, 4) is 0 Å². The van der Waals surface area contributed by atoms with Gasteiger partial charge in [0.1, 0.15) is 5.69 Å². The van der Waals surface area contributed by atoms with Crippen LogP contribution in [-0.2, 0) is 6.42 Å². The number of anilines is 1. The summed E-state index contributed by atoms with van der Waals surface area (Å²) >= 11 is 13.3. The second-order valence-corrected chi connectivity index (χ2v) is 11.0. The first-order chi connectivity index (χ1) is 17.7. The molecule has 3 heterocycles. The van der Waals surface area contributed by atoms with E-state index in [1.165, 1.54) is 0 Å². The van der Waals surface area contributed by atoms with E-state index in [2.05, 4.69) is 25.5 Å². The van der Waals surface area contributed by atoms with Crippen molar-refractivity contribution in [1.29, 1.82) is 0 Å². The minimum Gasteiger partial charge on any atom is -0.544 e. The molecule has 3 aromatic rings. The molecule has 13 heteroatoms. The van der Waals surface area contributed by atoms with E-state index in [0.717, 1.165) is 16.9 Å². The number of benzene rings is 1. The summed E-state index contributed by atoms with van der Waals surface area (Å²) in [6, 6.07) is 7.04. The Bertz CT molecular complexity index is 1380. The smallest absolute Gasteiger partial charge is 0.544 e. The number of hydrogen-bond donors (Lipinski definition) is 3. The van der Waals surface area contributed by atoms with E-state index in [0.29, 0.717) is 53.2 Å². The van der Waals surface area contributed by atoms with E-state index < -0.39 is 5.97 Å². The van der Waals surface area contributed by atoms with Crippen LogP contribution >= 0.6 is 34.5 Å². The van der Waals surface area contributed by atoms with Crippen LogP contribution in [-0.4, -0.2) is 53.4 Å². The van der Waals surface area contributed by atoms with Crippen molar-refractivity contribution in [3.05, 3.63) is 67.4 Å². The molecule has 0 spiro atoms. The molecule has 1 aromatic carbocycles. The van der Waals surface area contributed by atoms with E-state index in [1.54, 1.807) is 31.2 Å². The van der Waals surface area contributed by atoms with Gasteiger partial charge in [0.25, 0.3) is 11.8 Å². The largest absolute Gasteiger partial charge is 1.00 e. The molecule has 1 aliphatic heterocycles. The van der Waals surface area contributed by atoms with E-state index in [4.69, 9.17) is 23.2 Å². The van der Waals surface area contributed by atoms with Gasteiger partial charge in [-0.15, -0.1) is 0 Å². The molecule has 5 rings (SSSR count). The normalized spacial score (nSPS) is 19.5. The number of carbonyl (C=O) groups is 3. The van der Waals surface area contributed by atoms with E-state index >= 15 is 0 Å². The van der Waals surface area contributed by atoms with Crippen molar-refractivity contribution in [3.63, 3.8) is 0 Å². The van der Waals surface area contributed by atoms with Crippen LogP contribution in [0.3, 0.4) is 0 Å². The molecule has 2 aromatic heterocycles. The van der Waals surface area contributed by atoms with Crippen LogP contribution in [0.4, 0.5) is 5.13 Å². The second kappa shape index (κ2) is 11.3. The standard InChI is InChI=1S/C25H25Cl2N5O4S.Li/c1-3-28-22(33)13-6-4-12(5-7-13)8-16-21(24(35)36)37-25(30-16)32-9-14-15(10-32)19(14)31-23(34)20-18(27)17(26)11(2)29-20;/h4-7,14-15,19,29H,3,8-10H2,1-2H3,(H,28,33)(H,31,34)(H,35,36);/q;+1/p-1/t14-,15+,19?;. The Balaban J connectivity index is 0.00000336. The van der Waals surface area contributed by atoms with Crippen LogP contribution in [0.1, 0.15) is 54.4 Å². The number of halogens is 2. The molecule has 2 aliphatic rings. The van der Waals surface area contributed by atoms with Crippen LogP contribution in [0.15, 0.2) is 24.3 Å². The third-order valence-corrected chi connectivity index (χ3v) is 8.93. The summed E-state index contributed by atoms with van der Waals surface area (Å²) in [5, 5.41) is 18.8. The molecule has 2 amide bonds. The number of carboxylic acid groups (broad SMARTS) is 1. The number of carboxylic acids is 1. The molecule has 0 bridgehead atoms. The van der Waals surface area contributed by atoms with E-state index in [-0.39, 0.29) is 64.1 Å². The van der Waals surface area contributed by atoms with Gasteiger partial charge in [-0.3, -0.25) is 9.59 Å². The predicted octanol–water partition coefficient (Wildman–Crippen LogP) is -0.341. The predicted molar refractivity (Wildman–Crippen MR) is 140 cm³/mol. The average molecular weight is 568 g/mol. The number of nitrogens with zero attached hydrogens (tertiary/aromatic N) is 2. The summed E-state index contributed by atoms with van der Waals surface area (Å²) in [5.74, 6) is -1.22. The van der Waals surface area contributed by atoms with Gasteiger partial charge in [0.05, 0.1) is 26.6 Å². The number of H-pyrrole nitrogens is 1. The number of aromatic carboxylic acids is 1. The van der Waals surface area contributed by atoms with Gasteiger partial charge in [0.15, 0.2) is 5.13 Å². The first-order valence-corrected chi connectivity index (χ1v) is 13.4. The van der Waals surface area contributed by atoms with Gasteiger partial charge in [0, 0.05) is 55.2 Å². The molecular formula is C25H24Cl2LiN5O4S. The summed E-state index contributed by atoms with van der Waals surface area (Å²) in [5.41, 5.74) is 2.72. The molecule has 3 atom stereocenters. The summed E-state index contributed by atoms with van der Waals surface area (Å²) in [6.45, 7) is 5.46. The zero-order chi connectivity index (χ0) is 26.4. The first-order valence-electron chi connectivity index (χ1n) is 11.9. The Kier molecular flexibility index (Phi) is 8.50. The number of fused-ring (bicyclic) bond motifs is 1. The Morgan fingerprint density at radius 1 is 1.13 bits per heavy atom. The number of aromatic amines is 1. The topological polar surface area (TPSA) is 130 Å². The molecule has 0 radical (unpaired) electrons. The van der Waals surface area contributed by atoms with Gasteiger partial charge in [-0.05, 0) is 31.5 Å². The van der Waals surface area contributed by atoms with Gasteiger partial charge in [-0.1, -0.05) is 46.7 Å². The van der Waals surface area contributed by atoms with Crippen molar-refractivity contribution in [1.82, 2.24) is 20.6 Å². The number of aromatic nitrogens is 2. The average Bonchev–Trinajstić information content (AvgIpc) is 3.22. The molecule has 2 fully saturated rings. The quantitative estimate of drug-likeness (QED) is 0.319. The number of aryl methyl sites for hydroxylation is 1. The fourth-order valence-electron chi connectivity index (χ4n) is 4.83. The van der Waals surface area contributed by atoms with Crippen LogP contribution < -0.4 is 39.5 Å².